The second-order valence-electron chi connectivity index (χ2n) is 7.91. The minimum absolute atomic E-state index is 0.0655. The minimum atomic E-state index is 0.0655. The molecule has 6 nitrogen and oxygen atoms in total. The first kappa shape index (κ1) is 20.4. The van der Waals surface area contributed by atoms with Gasteiger partial charge in [-0.15, -0.1) is 0 Å². The summed E-state index contributed by atoms with van der Waals surface area (Å²) in [5.41, 5.74) is 4.91. The highest BCUT2D eigenvalue weighted by Gasteiger charge is 2.22. The van der Waals surface area contributed by atoms with Gasteiger partial charge in [-0.2, -0.15) is 0 Å². The number of nitrogens with one attached hydrogen (secondary N) is 1. The fourth-order valence-electron chi connectivity index (χ4n) is 4.07. The third kappa shape index (κ3) is 3.92. The van der Waals surface area contributed by atoms with Gasteiger partial charge in [-0.3, -0.25) is 4.79 Å². The Morgan fingerprint density at radius 3 is 2.73 bits per heavy atom. The van der Waals surface area contributed by atoms with Crippen molar-refractivity contribution in [1.82, 2.24) is 14.5 Å². The fraction of sp³-hybridized carbons (Fsp3) is 0.417. The van der Waals surface area contributed by atoms with Gasteiger partial charge in [-0.05, 0) is 49.6 Å². The lowest BCUT2D eigenvalue weighted by molar-refractivity contribution is 0.0302. The van der Waals surface area contributed by atoms with Gasteiger partial charge < -0.3 is 19.5 Å². The minimum Gasteiger partial charge on any atom is -0.378 e. The number of benzene rings is 1. The van der Waals surface area contributed by atoms with Gasteiger partial charge in [0.25, 0.3) is 5.91 Å². The van der Waals surface area contributed by atoms with Crippen LogP contribution in [0.2, 0.25) is 0 Å². The Morgan fingerprint density at radius 1 is 1.17 bits per heavy atom. The van der Waals surface area contributed by atoms with Crippen LogP contribution >= 0.6 is 0 Å². The maximum atomic E-state index is 13.1. The first-order chi connectivity index (χ1) is 14.6. The van der Waals surface area contributed by atoms with Crippen LogP contribution in [-0.2, 0) is 11.3 Å². The zero-order valence-corrected chi connectivity index (χ0v) is 18.1. The molecule has 0 radical (unpaired) electrons. The topological polar surface area (TPSA) is 59.4 Å². The van der Waals surface area contributed by atoms with Crippen LogP contribution in [0.5, 0.6) is 0 Å². The van der Waals surface area contributed by atoms with Crippen LogP contribution in [0.4, 0.5) is 11.5 Å². The maximum absolute atomic E-state index is 13.1. The van der Waals surface area contributed by atoms with E-state index >= 15 is 0 Å². The molecule has 1 aromatic carbocycles. The van der Waals surface area contributed by atoms with E-state index in [2.05, 4.69) is 47.0 Å². The number of morpholine rings is 1. The van der Waals surface area contributed by atoms with Gasteiger partial charge in [-0.1, -0.05) is 19.4 Å². The lowest BCUT2D eigenvalue weighted by atomic mass is 10.0. The van der Waals surface area contributed by atoms with E-state index in [0.29, 0.717) is 26.3 Å². The molecule has 158 valence electrons. The second kappa shape index (κ2) is 8.88. The summed E-state index contributed by atoms with van der Waals surface area (Å²) < 4.78 is 7.67. The number of amides is 1. The Bertz CT molecular complexity index is 1050. The molecule has 1 fully saturated rings. The molecule has 3 heterocycles. The zero-order valence-electron chi connectivity index (χ0n) is 18.1. The second-order valence-corrected chi connectivity index (χ2v) is 7.91. The molecule has 1 aliphatic heterocycles. The lowest BCUT2D eigenvalue weighted by Gasteiger charge is -2.28. The number of aromatic nitrogens is 2. The van der Waals surface area contributed by atoms with Crippen molar-refractivity contribution in [2.24, 2.45) is 0 Å². The summed E-state index contributed by atoms with van der Waals surface area (Å²) in [7, 11) is 0. The Hall–Kier alpha value is -2.86. The summed E-state index contributed by atoms with van der Waals surface area (Å²) in [6.45, 7) is 9.76. The molecule has 30 heavy (non-hydrogen) atoms. The number of hydrogen-bond acceptors (Lipinski definition) is 4. The molecule has 0 unspecified atom stereocenters. The smallest absolute Gasteiger partial charge is 0.254 e. The third-order valence-electron chi connectivity index (χ3n) is 5.90. The Kier molecular flexibility index (Phi) is 6.04. The predicted octanol–water partition coefficient (Wildman–Crippen LogP) is 4.67. The third-order valence-corrected chi connectivity index (χ3v) is 5.90. The molecule has 0 saturated carbocycles. The quantitative estimate of drug-likeness (QED) is 0.646. The molecule has 3 aromatic rings. The molecule has 1 aliphatic rings. The number of pyridine rings is 1. The Morgan fingerprint density at radius 2 is 1.97 bits per heavy atom. The van der Waals surface area contributed by atoms with Gasteiger partial charge in [0.1, 0.15) is 5.82 Å². The van der Waals surface area contributed by atoms with E-state index < -0.39 is 0 Å². The summed E-state index contributed by atoms with van der Waals surface area (Å²) in [6.07, 6.45) is 6.29. The molecular weight excluding hydrogens is 376 g/mol. The molecule has 6 heteroatoms. The number of nitrogens with zero attached hydrogens (tertiary/aromatic N) is 3. The van der Waals surface area contributed by atoms with Crippen LogP contribution in [0.25, 0.3) is 10.9 Å². The number of ether oxygens (including phenoxy) is 1. The average Bonchev–Trinajstić information content (AvgIpc) is 3.19. The van der Waals surface area contributed by atoms with Crippen molar-refractivity contribution < 1.29 is 9.53 Å². The van der Waals surface area contributed by atoms with Crippen molar-refractivity contribution in [1.29, 1.82) is 0 Å². The van der Waals surface area contributed by atoms with Gasteiger partial charge in [0.2, 0.25) is 0 Å². The van der Waals surface area contributed by atoms with Crippen LogP contribution in [0, 0.1) is 13.8 Å². The van der Waals surface area contributed by atoms with Crippen molar-refractivity contribution in [3.8, 4) is 0 Å². The summed E-state index contributed by atoms with van der Waals surface area (Å²) >= 11 is 0. The fourth-order valence-corrected chi connectivity index (χ4v) is 4.07. The van der Waals surface area contributed by atoms with Crippen molar-refractivity contribution >= 4 is 28.3 Å². The summed E-state index contributed by atoms with van der Waals surface area (Å²) in [6, 6.07) is 8.13. The molecule has 1 amide bonds. The number of anilines is 2. The van der Waals surface area contributed by atoms with E-state index in [4.69, 9.17) is 4.74 Å². The van der Waals surface area contributed by atoms with Crippen molar-refractivity contribution in [3.63, 3.8) is 0 Å². The maximum Gasteiger partial charge on any atom is 0.254 e. The van der Waals surface area contributed by atoms with E-state index in [1.807, 2.05) is 30.2 Å². The van der Waals surface area contributed by atoms with E-state index in [0.717, 1.165) is 53.0 Å². The monoisotopic (exact) mass is 406 g/mol. The Balaban J connectivity index is 1.66. The molecule has 1 N–H and O–H groups in total. The molecule has 4 rings (SSSR count). The number of hydrogen-bond donors (Lipinski definition) is 1. The molecule has 1 saturated heterocycles. The van der Waals surface area contributed by atoms with Gasteiger partial charge in [-0.25, -0.2) is 4.98 Å². The largest absolute Gasteiger partial charge is 0.378 e. The molecule has 2 aromatic heterocycles. The first-order valence-corrected chi connectivity index (χ1v) is 10.8. The number of carbonyl (C=O) groups excluding carboxylic acids is 1. The van der Waals surface area contributed by atoms with Crippen molar-refractivity contribution in [3.05, 3.63) is 53.3 Å². The van der Waals surface area contributed by atoms with Crippen LogP contribution in [0.3, 0.4) is 0 Å². The average molecular weight is 407 g/mol. The number of aryl methyl sites for hydroxylation is 2. The Labute approximate surface area is 177 Å². The number of rotatable bonds is 6. The predicted molar refractivity (Wildman–Crippen MR) is 121 cm³/mol. The van der Waals surface area contributed by atoms with Gasteiger partial charge in [0.15, 0.2) is 0 Å². The van der Waals surface area contributed by atoms with Crippen molar-refractivity contribution in [2.45, 2.75) is 40.2 Å². The zero-order chi connectivity index (χ0) is 21.1. The summed E-state index contributed by atoms with van der Waals surface area (Å²) in [5.74, 6) is 0.889. The van der Waals surface area contributed by atoms with E-state index in [9.17, 15) is 4.79 Å². The van der Waals surface area contributed by atoms with Gasteiger partial charge in [0.05, 0.1) is 18.7 Å². The van der Waals surface area contributed by atoms with Gasteiger partial charge >= 0.3 is 0 Å². The number of unbranched alkanes of at least 4 members (excludes halogenated alkanes) is 1. The van der Waals surface area contributed by atoms with E-state index in [1.165, 1.54) is 5.52 Å². The molecule has 0 spiro atoms. The van der Waals surface area contributed by atoms with Gasteiger partial charge in [0, 0.05) is 48.7 Å². The molecular formula is C24H30N4O2. The summed E-state index contributed by atoms with van der Waals surface area (Å²) in [5, 5.41) is 4.63. The van der Waals surface area contributed by atoms with Crippen LogP contribution in [0.15, 0.2) is 36.7 Å². The summed E-state index contributed by atoms with van der Waals surface area (Å²) in [4.78, 5) is 19.6. The van der Waals surface area contributed by atoms with Crippen LogP contribution in [-0.4, -0.2) is 46.7 Å². The SMILES string of the molecule is CCCCn1ccc2c(Nc3c(C)ccc(C(=O)N4CCOCC4)c3C)nccc21. The lowest BCUT2D eigenvalue weighted by Crippen LogP contribution is -2.41. The standard InChI is InChI=1S/C24H30N4O2/c1-4-5-11-27-12-9-20-21(27)8-10-25-23(20)26-22-17(2)6-7-19(18(22)3)24(29)28-13-15-30-16-14-28/h6-10,12H,4-5,11,13-16H2,1-3H3,(H,25,26). The van der Waals surface area contributed by atoms with Crippen LogP contribution in [0.1, 0.15) is 41.3 Å². The highest BCUT2D eigenvalue weighted by Crippen LogP contribution is 2.31. The van der Waals surface area contributed by atoms with E-state index in [-0.39, 0.29) is 5.91 Å². The highest BCUT2D eigenvalue weighted by atomic mass is 16.5. The number of fused-ring (bicyclic) bond motifs is 1. The first-order valence-electron chi connectivity index (χ1n) is 10.8. The van der Waals surface area contributed by atoms with E-state index in [1.54, 1.807) is 0 Å². The molecule has 0 atom stereocenters. The number of carbonyl (C=O) groups is 1. The van der Waals surface area contributed by atoms with Crippen LogP contribution < -0.4 is 5.32 Å². The molecule has 0 bridgehead atoms. The highest BCUT2D eigenvalue weighted by molar-refractivity contribution is 5.98. The molecule has 0 aliphatic carbocycles. The normalized spacial score (nSPS) is 14.3. The van der Waals surface area contributed by atoms with Crippen molar-refractivity contribution in [2.75, 3.05) is 31.6 Å².